The van der Waals surface area contributed by atoms with Gasteiger partial charge in [0.2, 0.25) is 5.91 Å². The number of aliphatic carboxylic acids is 1. The number of amides is 2. The SMILES string of the molecule is CC(C(=O)O)N(C)C(=O)C(C)(C)NC(=O)c1cc2c(n(CC3CCCCC3)c1=O)CCCCCC2. The van der Waals surface area contributed by atoms with Gasteiger partial charge >= 0.3 is 5.97 Å². The fraction of sp³-hybridized carbons (Fsp3) is 0.704. The van der Waals surface area contributed by atoms with Crippen molar-refractivity contribution in [3.05, 3.63) is 33.2 Å². The monoisotopic (exact) mass is 487 g/mol. The molecule has 1 unspecified atom stereocenters. The maximum Gasteiger partial charge on any atom is 0.326 e. The van der Waals surface area contributed by atoms with Crippen LogP contribution in [0.15, 0.2) is 10.9 Å². The molecule has 0 bridgehead atoms. The maximum absolute atomic E-state index is 13.7. The number of likely N-dealkylation sites (N-methyl/N-ethyl adjacent to an activating group) is 1. The van der Waals surface area contributed by atoms with Crippen molar-refractivity contribution in [1.29, 1.82) is 0 Å². The average Bonchev–Trinajstić information content (AvgIpc) is 2.80. The lowest BCUT2D eigenvalue weighted by Crippen LogP contribution is -2.58. The van der Waals surface area contributed by atoms with Crippen LogP contribution in [0.1, 0.15) is 100 Å². The zero-order chi connectivity index (χ0) is 25.8. The summed E-state index contributed by atoms with van der Waals surface area (Å²) >= 11 is 0. The van der Waals surface area contributed by atoms with Gasteiger partial charge in [0.15, 0.2) is 0 Å². The van der Waals surface area contributed by atoms with E-state index >= 15 is 0 Å². The van der Waals surface area contributed by atoms with E-state index in [2.05, 4.69) is 5.32 Å². The number of carbonyl (C=O) groups is 3. The van der Waals surface area contributed by atoms with Gasteiger partial charge in [-0.25, -0.2) is 4.79 Å². The molecule has 35 heavy (non-hydrogen) atoms. The third-order valence-corrected chi connectivity index (χ3v) is 7.73. The van der Waals surface area contributed by atoms with Crippen LogP contribution >= 0.6 is 0 Å². The Morgan fingerprint density at radius 3 is 2.31 bits per heavy atom. The van der Waals surface area contributed by atoms with E-state index in [4.69, 9.17) is 0 Å². The second kappa shape index (κ2) is 11.4. The number of aryl methyl sites for hydroxylation is 1. The van der Waals surface area contributed by atoms with Crippen molar-refractivity contribution in [2.24, 2.45) is 5.92 Å². The summed E-state index contributed by atoms with van der Waals surface area (Å²) in [6.45, 7) is 5.12. The van der Waals surface area contributed by atoms with Crippen molar-refractivity contribution < 1.29 is 19.5 Å². The molecule has 2 N–H and O–H groups in total. The summed E-state index contributed by atoms with van der Waals surface area (Å²) in [5.41, 5.74) is 0.534. The number of hydrogen-bond acceptors (Lipinski definition) is 4. The molecular formula is C27H41N3O5. The Kier molecular flexibility index (Phi) is 8.78. The number of fused-ring (bicyclic) bond motifs is 1. The molecule has 1 saturated carbocycles. The Hall–Kier alpha value is -2.64. The first-order chi connectivity index (χ1) is 16.5. The van der Waals surface area contributed by atoms with Crippen LogP contribution < -0.4 is 10.9 Å². The van der Waals surface area contributed by atoms with Crippen LogP contribution in [0.5, 0.6) is 0 Å². The smallest absolute Gasteiger partial charge is 0.326 e. The summed E-state index contributed by atoms with van der Waals surface area (Å²) in [4.78, 5) is 52.5. The number of carbonyl (C=O) groups excluding carboxylic acids is 2. The number of aromatic nitrogens is 1. The Bertz CT molecular complexity index is 1010. The normalized spacial score (nSPS) is 18.1. The molecule has 1 aromatic rings. The highest BCUT2D eigenvalue weighted by Crippen LogP contribution is 2.27. The number of nitrogens with one attached hydrogen (secondary N) is 1. The minimum atomic E-state index is -1.37. The molecule has 1 aromatic heterocycles. The molecular weight excluding hydrogens is 446 g/mol. The highest BCUT2D eigenvalue weighted by atomic mass is 16.4. The predicted molar refractivity (Wildman–Crippen MR) is 135 cm³/mol. The summed E-state index contributed by atoms with van der Waals surface area (Å²) in [6.07, 6.45) is 11.8. The third kappa shape index (κ3) is 6.33. The molecule has 2 aliphatic rings. The summed E-state index contributed by atoms with van der Waals surface area (Å²) < 4.78 is 1.86. The summed E-state index contributed by atoms with van der Waals surface area (Å²) in [5.74, 6) is -1.81. The lowest BCUT2D eigenvalue weighted by Gasteiger charge is -2.32. The highest BCUT2D eigenvalue weighted by Gasteiger charge is 2.36. The molecule has 194 valence electrons. The van der Waals surface area contributed by atoms with Crippen molar-refractivity contribution in [3.63, 3.8) is 0 Å². The van der Waals surface area contributed by atoms with Crippen LogP contribution in [0.3, 0.4) is 0 Å². The lowest BCUT2D eigenvalue weighted by atomic mass is 9.88. The van der Waals surface area contributed by atoms with Crippen molar-refractivity contribution >= 4 is 17.8 Å². The van der Waals surface area contributed by atoms with Gasteiger partial charge in [-0.15, -0.1) is 0 Å². The first-order valence-electron chi connectivity index (χ1n) is 13.1. The quantitative estimate of drug-likeness (QED) is 0.612. The van der Waals surface area contributed by atoms with Crippen molar-refractivity contribution in [2.75, 3.05) is 7.05 Å². The molecule has 8 heteroatoms. The first-order valence-corrected chi connectivity index (χ1v) is 13.1. The van der Waals surface area contributed by atoms with E-state index in [1.54, 1.807) is 6.07 Å². The van der Waals surface area contributed by atoms with Crippen molar-refractivity contribution in [2.45, 2.75) is 110 Å². The molecule has 1 atom stereocenters. The Balaban J connectivity index is 1.94. The summed E-state index contributed by atoms with van der Waals surface area (Å²) in [6, 6.07) is 0.697. The second-order valence-electron chi connectivity index (χ2n) is 10.9. The summed E-state index contributed by atoms with van der Waals surface area (Å²) in [5, 5.41) is 12.0. The molecule has 0 aliphatic heterocycles. The molecule has 2 aliphatic carbocycles. The molecule has 0 saturated heterocycles. The number of carboxylic acids is 1. The number of rotatable bonds is 7. The van der Waals surface area contributed by atoms with Crippen molar-refractivity contribution in [1.82, 2.24) is 14.8 Å². The Morgan fingerprint density at radius 1 is 1.09 bits per heavy atom. The van der Waals surface area contributed by atoms with E-state index in [1.165, 1.54) is 47.1 Å². The van der Waals surface area contributed by atoms with Gasteiger partial charge in [-0.3, -0.25) is 14.4 Å². The van der Waals surface area contributed by atoms with E-state index in [9.17, 15) is 24.3 Å². The molecule has 1 heterocycles. The number of hydrogen-bond donors (Lipinski definition) is 2. The Labute approximate surface area is 208 Å². The minimum Gasteiger partial charge on any atom is -0.480 e. The Morgan fingerprint density at radius 2 is 1.69 bits per heavy atom. The molecule has 0 radical (unpaired) electrons. The van der Waals surface area contributed by atoms with Gasteiger partial charge in [0.1, 0.15) is 17.1 Å². The molecule has 2 amide bonds. The molecule has 0 spiro atoms. The molecule has 3 rings (SSSR count). The fourth-order valence-electron chi connectivity index (χ4n) is 5.40. The van der Waals surface area contributed by atoms with E-state index in [0.717, 1.165) is 67.5 Å². The second-order valence-corrected chi connectivity index (χ2v) is 10.9. The first kappa shape index (κ1) is 27.0. The highest BCUT2D eigenvalue weighted by molar-refractivity contribution is 5.99. The van der Waals surface area contributed by atoms with Gasteiger partial charge in [0.05, 0.1) is 0 Å². The third-order valence-electron chi connectivity index (χ3n) is 7.73. The topological polar surface area (TPSA) is 109 Å². The fourth-order valence-corrected chi connectivity index (χ4v) is 5.40. The molecule has 0 aromatic carbocycles. The van der Waals surface area contributed by atoms with Crippen LogP contribution in [0.25, 0.3) is 0 Å². The molecule has 8 nitrogen and oxygen atoms in total. The lowest BCUT2D eigenvalue weighted by molar-refractivity contribution is -0.150. The van der Waals surface area contributed by atoms with Gasteiger partial charge in [0, 0.05) is 19.3 Å². The maximum atomic E-state index is 13.7. The van der Waals surface area contributed by atoms with Gasteiger partial charge < -0.3 is 19.9 Å². The molecule has 1 fully saturated rings. The van der Waals surface area contributed by atoms with Crippen LogP contribution in [0.2, 0.25) is 0 Å². The minimum absolute atomic E-state index is 0.0648. The van der Waals surface area contributed by atoms with Gasteiger partial charge in [-0.2, -0.15) is 0 Å². The van der Waals surface area contributed by atoms with Gasteiger partial charge in [0.25, 0.3) is 11.5 Å². The van der Waals surface area contributed by atoms with Crippen molar-refractivity contribution in [3.8, 4) is 0 Å². The predicted octanol–water partition coefficient (Wildman–Crippen LogP) is 3.53. The van der Waals surface area contributed by atoms with E-state index < -0.39 is 29.4 Å². The van der Waals surface area contributed by atoms with Crippen LogP contribution in [-0.2, 0) is 29.0 Å². The number of carboxylic acid groups (broad SMARTS) is 1. The number of pyridine rings is 1. The number of nitrogens with zero attached hydrogens (tertiary/aromatic N) is 2. The van der Waals surface area contributed by atoms with Gasteiger partial charge in [-0.1, -0.05) is 32.1 Å². The standard InChI is InChI=1S/C27H41N3O5/c1-18(25(33)34)29(4)26(35)27(2,3)28-23(31)21-16-20-14-10-5-6-11-15-22(20)30(24(21)32)17-19-12-8-7-9-13-19/h16,18-19H,5-15,17H2,1-4H3,(H,28,31)(H,33,34). The van der Waals surface area contributed by atoms with E-state index in [1.807, 2.05) is 4.57 Å². The zero-order valence-electron chi connectivity index (χ0n) is 21.7. The van der Waals surface area contributed by atoms with Crippen LogP contribution in [-0.4, -0.2) is 51.0 Å². The summed E-state index contributed by atoms with van der Waals surface area (Å²) in [7, 11) is 1.40. The van der Waals surface area contributed by atoms with Crippen LogP contribution in [0, 0.1) is 5.92 Å². The van der Waals surface area contributed by atoms with Crippen LogP contribution in [0.4, 0.5) is 0 Å². The van der Waals surface area contributed by atoms with Gasteiger partial charge in [-0.05, 0) is 76.8 Å². The zero-order valence-corrected chi connectivity index (χ0v) is 21.7. The largest absolute Gasteiger partial charge is 0.480 e. The van der Waals surface area contributed by atoms with E-state index in [0.29, 0.717) is 12.5 Å². The average molecular weight is 488 g/mol. The van der Waals surface area contributed by atoms with E-state index in [-0.39, 0.29) is 11.1 Å².